The van der Waals surface area contributed by atoms with Crippen molar-refractivity contribution in [3.63, 3.8) is 0 Å². The molecule has 1 aliphatic rings. The molecule has 0 unspecified atom stereocenters. The van der Waals surface area contributed by atoms with E-state index in [-0.39, 0.29) is 23.5 Å². The van der Waals surface area contributed by atoms with Gasteiger partial charge in [0.1, 0.15) is 0 Å². The monoisotopic (exact) mass is 458 g/mol. The molecule has 1 saturated heterocycles. The minimum absolute atomic E-state index is 0.134. The Hall–Kier alpha value is -3.33. The summed E-state index contributed by atoms with van der Waals surface area (Å²) in [6.45, 7) is 3.97. The van der Waals surface area contributed by atoms with Crippen molar-refractivity contribution in [2.75, 3.05) is 35.0 Å². The maximum absolute atomic E-state index is 13.4. The van der Waals surface area contributed by atoms with Gasteiger partial charge in [0.25, 0.3) is 11.8 Å². The third-order valence-electron chi connectivity index (χ3n) is 5.28. The fraction of sp³-hybridized carbons (Fsp3) is 0.348. The molecule has 2 aromatic rings. The molecule has 0 radical (unpaired) electrons. The first-order valence-corrected chi connectivity index (χ1v) is 10.2. The summed E-state index contributed by atoms with van der Waals surface area (Å²) in [5.41, 5.74) is 0.0350. The predicted octanol–water partition coefficient (Wildman–Crippen LogP) is 3.38. The van der Waals surface area contributed by atoms with Crippen LogP contribution in [0.2, 0.25) is 0 Å². The quantitative estimate of drug-likeness (QED) is 0.614. The van der Waals surface area contributed by atoms with E-state index in [4.69, 9.17) is 31.2 Å². The minimum atomic E-state index is -0.715. The van der Waals surface area contributed by atoms with E-state index < -0.39 is 5.54 Å². The maximum atomic E-state index is 13.4. The van der Waals surface area contributed by atoms with E-state index in [0.29, 0.717) is 34.1 Å². The highest BCUT2D eigenvalue weighted by molar-refractivity contribution is 7.80. The lowest BCUT2D eigenvalue weighted by molar-refractivity contribution is 0.0760. The summed E-state index contributed by atoms with van der Waals surface area (Å²) in [5, 5.41) is 0.134. The highest BCUT2D eigenvalue weighted by atomic mass is 32.1. The fourth-order valence-electron chi connectivity index (χ4n) is 3.65. The number of hydrogen-bond acceptors (Lipinski definition) is 7. The summed E-state index contributed by atoms with van der Waals surface area (Å²) < 4.78 is 21.1. The van der Waals surface area contributed by atoms with E-state index in [2.05, 4.69) is 0 Å². The summed E-state index contributed by atoms with van der Waals surface area (Å²) in [6.07, 6.45) is 0. The molecule has 0 aliphatic carbocycles. The second-order valence-corrected chi connectivity index (χ2v) is 8.13. The Morgan fingerprint density at radius 3 is 1.66 bits per heavy atom. The van der Waals surface area contributed by atoms with E-state index >= 15 is 0 Å². The first-order chi connectivity index (χ1) is 15.2. The van der Waals surface area contributed by atoms with Crippen molar-refractivity contribution >= 4 is 29.1 Å². The van der Waals surface area contributed by atoms with Crippen LogP contribution in [0.5, 0.6) is 23.0 Å². The van der Waals surface area contributed by atoms with Gasteiger partial charge in [0.2, 0.25) is 0 Å². The van der Waals surface area contributed by atoms with E-state index in [0.717, 1.165) is 0 Å². The first-order valence-electron chi connectivity index (χ1n) is 9.83. The largest absolute Gasteiger partial charge is 0.493 e. The molecule has 0 saturated carbocycles. The van der Waals surface area contributed by atoms with Gasteiger partial charge in [-0.2, -0.15) is 0 Å². The van der Waals surface area contributed by atoms with Crippen LogP contribution in [0.25, 0.3) is 0 Å². The Morgan fingerprint density at radius 2 is 1.22 bits per heavy atom. The zero-order chi connectivity index (χ0) is 23.6. The molecule has 1 heterocycles. The van der Waals surface area contributed by atoms with Crippen molar-refractivity contribution in [2.45, 2.75) is 19.4 Å². The molecule has 1 fully saturated rings. The molecular formula is C23H26N2O6S. The second-order valence-electron chi connectivity index (χ2n) is 7.77. The molecule has 0 spiro atoms. The van der Waals surface area contributed by atoms with Gasteiger partial charge in [-0.15, -0.1) is 0 Å². The first kappa shape index (κ1) is 23.3. The van der Waals surface area contributed by atoms with Gasteiger partial charge in [-0.3, -0.25) is 19.4 Å². The summed E-state index contributed by atoms with van der Waals surface area (Å²) in [7, 11) is 6.05. The maximum Gasteiger partial charge on any atom is 0.260 e. The van der Waals surface area contributed by atoms with Gasteiger partial charge in [-0.25, -0.2) is 0 Å². The second kappa shape index (κ2) is 9.04. The minimum Gasteiger partial charge on any atom is -0.493 e. The number of carbonyl (C=O) groups excluding carboxylic acids is 2. The molecule has 0 N–H and O–H groups in total. The number of ether oxygens (including phenoxy) is 4. The number of benzene rings is 2. The molecule has 0 aromatic heterocycles. The number of rotatable bonds is 6. The third kappa shape index (κ3) is 4.08. The molecule has 1 aliphatic heterocycles. The fourth-order valence-corrected chi connectivity index (χ4v) is 4.13. The smallest absolute Gasteiger partial charge is 0.260 e. The van der Waals surface area contributed by atoms with Gasteiger partial charge in [0.05, 0.1) is 40.5 Å². The number of methoxy groups -OCH3 is 4. The van der Waals surface area contributed by atoms with Crippen LogP contribution in [0, 0.1) is 0 Å². The van der Waals surface area contributed by atoms with Gasteiger partial charge < -0.3 is 18.9 Å². The Kier molecular flexibility index (Phi) is 6.59. The van der Waals surface area contributed by atoms with E-state index in [1.807, 2.05) is 13.8 Å². The molecule has 8 nitrogen and oxygen atoms in total. The molecule has 2 aromatic carbocycles. The van der Waals surface area contributed by atoms with Crippen molar-refractivity contribution in [3.05, 3.63) is 47.5 Å². The van der Waals surface area contributed by atoms with Crippen molar-refractivity contribution < 1.29 is 28.5 Å². The summed E-state index contributed by atoms with van der Waals surface area (Å²) in [4.78, 5) is 29.6. The zero-order valence-electron chi connectivity index (χ0n) is 18.9. The molecule has 3 rings (SSSR count). The third-order valence-corrected chi connectivity index (χ3v) is 5.68. The highest BCUT2D eigenvalue weighted by Gasteiger charge is 2.47. The Balaban J connectivity index is 1.92. The van der Waals surface area contributed by atoms with E-state index in [1.165, 1.54) is 38.2 Å². The normalized spacial score (nSPS) is 14.9. The molecule has 2 amide bonds. The van der Waals surface area contributed by atoms with Crippen LogP contribution in [0.15, 0.2) is 36.4 Å². The van der Waals surface area contributed by atoms with Gasteiger partial charge in [-0.05, 0) is 62.5 Å². The lowest BCUT2D eigenvalue weighted by Crippen LogP contribution is -2.46. The number of carbonyl (C=O) groups is 2. The predicted molar refractivity (Wildman–Crippen MR) is 123 cm³/mol. The van der Waals surface area contributed by atoms with Crippen LogP contribution in [0.1, 0.15) is 34.6 Å². The van der Waals surface area contributed by atoms with Crippen LogP contribution in [0.3, 0.4) is 0 Å². The Bertz CT molecular complexity index is 1070. The number of thiocarbonyl (C=S) groups is 1. The summed E-state index contributed by atoms with van der Waals surface area (Å²) >= 11 is 5.58. The number of amides is 2. The van der Waals surface area contributed by atoms with Crippen LogP contribution in [0.4, 0.5) is 0 Å². The molecule has 0 atom stereocenters. The summed E-state index contributed by atoms with van der Waals surface area (Å²) in [5.74, 6) is 1.23. The average Bonchev–Trinajstić information content (AvgIpc) is 3.05. The topological polar surface area (TPSA) is 77.5 Å². The van der Waals surface area contributed by atoms with Crippen LogP contribution in [-0.4, -0.2) is 67.2 Å². The standard InChI is InChI=1S/C23H26N2O6S/c1-23(2)13-24(20(26)14-7-9-16(28-3)18(11-14)30-5)22(32)25(23)21(27)15-8-10-17(29-4)19(12-15)31-6/h7-12H,13H2,1-6H3. The molecule has 32 heavy (non-hydrogen) atoms. The lowest BCUT2D eigenvalue weighted by atomic mass is 10.0. The molecule has 170 valence electrons. The van der Waals surface area contributed by atoms with Crippen LogP contribution >= 0.6 is 12.2 Å². The molecule has 0 bridgehead atoms. The van der Waals surface area contributed by atoms with E-state index in [1.54, 1.807) is 36.4 Å². The van der Waals surface area contributed by atoms with Crippen molar-refractivity contribution in [2.24, 2.45) is 0 Å². The van der Waals surface area contributed by atoms with Crippen molar-refractivity contribution in [1.82, 2.24) is 9.80 Å². The number of nitrogens with zero attached hydrogens (tertiary/aromatic N) is 2. The Morgan fingerprint density at radius 1 is 0.781 bits per heavy atom. The van der Waals surface area contributed by atoms with Gasteiger partial charge in [0, 0.05) is 11.1 Å². The van der Waals surface area contributed by atoms with E-state index in [9.17, 15) is 9.59 Å². The van der Waals surface area contributed by atoms with Crippen molar-refractivity contribution in [1.29, 1.82) is 0 Å². The summed E-state index contributed by atoms with van der Waals surface area (Å²) in [6, 6.07) is 9.78. The molecule has 9 heteroatoms. The highest BCUT2D eigenvalue weighted by Crippen LogP contribution is 2.34. The zero-order valence-corrected chi connectivity index (χ0v) is 19.7. The molecular weight excluding hydrogens is 432 g/mol. The SMILES string of the molecule is COc1ccc(C(=O)N2CC(C)(C)N(C(=O)c3ccc(OC)c(OC)c3)C2=S)cc1OC. The van der Waals surface area contributed by atoms with Crippen LogP contribution < -0.4 is 18.9 Å². The van der Waals surface area contributed by atoms with Gasteiger partial charge >= 0.3 is 0 Å². The van der Waals surface area contributed by atoms with Crippen molar-refractivity contribution in [3.8, 4) is 23.0 Å². The number of hydrogen-bond donors (Lipinski definition) is 0. The average molecular weight is 459 g/mol. The van der Waals surface area contributed by atoms with Gasteiger partial charge in [0.15, 0.2) is 28.1 Å². The lowest BCUT2D eigenvalue weighted by Gasteiger charge is -2.29. The Labute approximate surface area is 192 Å². The van der Waals surface area contributed by atoms with Gasteiger partial charge in [-0.1, -0.05) is 0 Å². The van der Waals surface area contributed by atoms with Crippen LogP contribution in [-0.2, 0) is 0 Å².